The van der Waals surface area contributed by atoms with Crippen LogP contribution in [0.1, 0.15) is 0 Å². The van der Waals surface area contributed by atoms with Crippen molar-refractivity contribution < 1.29 is 19.1 Å². The Morgan fingerprint density at radius 2 is 2.00 bits per heavy atom. The molecule has 0 saturated heterocycles. The van der Waals surface area contributed by atoms with Gasteiger partial charge in [-0.25, -0.2) is 9.59 Å². The number of fused-ring (bicyclic) bond motifs is 1. The first-order valence-corrected chi connectivity index (χ1v) is 3.53. The smallest absolute Gasteiger partial charge is 0.354 e. The van der Waals surface area contributed by atoms with Gasteiger partial charge in [0.05, 0.1) is 6.08 Å². The summed E-state index contributed by atoms with van der Waals surface area (Å²) in [6, 6.07) is 0. The Bertz CT molecular complexity index is 325. The molecule has 5 heteroatoms. The van der Waals surface area contributed by atoms with Crippen LogP contribution in [0.5, 0.6) is 0 Å². The number of ether oxygens (including phenoxy) is 2. The van der Waals surface area contributed by atoms with Crippen molar-refractivity contribution in [2.75, 3.05) is 0 Å². The molecule has 11 heavy (non-hydrogen) atoms. The third-order valence-corrected chi connectivity index (χ3v) is 1.94. The maximum absolute atomic E-state index is 10.7. The van der Waals surface area contributed by atoms with Crippen LogP contribution in [-0.2, 0) is 19.1 Å². The molecule has 0 N–H and O–H groups in total. The normalized spacial score (nSPS) is 21.4. The number of esters is 2. The van der Waals surface area contributed by atoms with Gasteiger partial charge in [-0.15, -0.1) is 0 Å². The van der Waals surface area contributed by atoms with Crippen LogP contribution in [0, 0.1) is 0 Å². The lowest BCUT2D eigenvalue weighted by molar-refractivity contribution is -0.132. The first-order chi connectivity index (χ1) is 5.18. The van der Waals surface area contributed by atoms with Crippen LogP contribution in [0.2, 0.25) is 0 Å². The minimum atomic E-state index is -0.529. The SMILES string of the molecule is O=C1C=C2OC(=O)C(Br)=C2O1. The van der Waals surface area contributed by atoms with Crippen molar-refractivity contribution in [1.82, 2.24) is 0 Å². The van der Waals surface area contributed by atoms with E-state index in [-0.39, 0.29) is 16.0 Å². The van der Waals surface area contributed by atoms with E-state index >= 15 is 0 Å². The summed E-state index contributed by atoms with van der Waals surface area (Å²) in [6.45, 7) is 0. The third kappa shape index (κ3) is 0.808. The zero-order valence-corrected chi connectivity index (χ0v) is 6.67. The highest BCUT2D eigenvalue weighted by Crippen LogP contribution is 2.34. The molecule has 0 aromatic rings. The van der Waals surface area contributed by atoms with Crippen LogP contribution in [0.15, 0.2) is 22.1 Å². The second kappa shape index (κ2) is 1.94. The molecule has 0 aromatic heterocycles. The maximum atomic E-state index is 10.7. The Morgan fingerprint density at radius 1 is 1.27 bits per heavy atom. The molecule has 0 aromatic carbocycles. The fourth-order valence-corrected chi connectivity index (χ4v) is 1.18. The van der Waals surface area contributed by atoms with Crippen LogP contribution in [0.25, 0.3) is 0 Å². The van der Waals surface area contributed by atoms with E-state index in [1.165, 1.54) is 0 Å². The van der Waals surface area contributed by atoms with Gasteiger partial charge in [0.25, 0.3) is 0 Å². The van der Waals surface area contributed by atoms with Gasteiger partial charge in [-0.1, -0.05) is 0 Å². The van der Waals surface area contributed by atoms with Crippen LogP contribution >= 0.6 is 15.9 Å². The third-order valence-electron chi connectivity index (χ3n) is 1.26. The first kappa shape index (κ1) is 6.60. The number of carbonyl (C=O) groups is 2. The standard InChI is InChI=1S/C6HBrO4/c7-4-5-2(10-6(4)9)1-3(8)11-5/h1H. The molecule has 2 aliphatic rings. The van der Waals surface area contributed by atoms with Crippen molar-refractivity contribution in [2.24, 2.45) is 0 Å². The number of hydrogen-bond donors (Lipinski definition) is 0. The van der Waals surface area contributed by atoms with Gasteiger partial charge in [0.2, 0.25) is 0 Å². The Labute approximate surface area is 69.6 Å². The second-order valence-corrected chi connectivity index (χ2v) is 2.76. The quantitative estimate of drug-likeness (QED) is 0.557. The number of hydrogen-bond acceptors (Lipinski definition) is 4. The summed E-state index contributed by atoms with van der Waals surface area (Å²) in [6.07, 6.45) is 1.13. The van der Waals surface area contributed by atoms with E-state index < -0.39 is 11.9 Å². The Balaban J connectivity index is 2.51. The Morgan fingerprint density at radius 3 is 2.64 bits per heavy atom. The molecule has 0 amide bonds. The minimum Gasteiger partial charge on any atom is -0.418 e. The lowest BCUT2D eigenvalue weighted by Gasteiger charge is -1.89. The summed E-state index contributed by atoms with van der Waals surface area (Å²) in [7, 11) is 0. The van der Waals surface area contributed by atoms with Crippen LogP contribution in [-0.4, -0.2) is 11.9 Å². The highest BCUT2D eigenvalue weighted by molar-refractivity contribution is 9.12. The average Bonchev–Trinajstić information content (AvgIpc) is 2.37. The zero-order valence-electron chi connectivity index (χ0n) is 5.09. The molecule has 2 rings (SSSR count). The summed E-state index contributed by atoms with van der Waals surface area (Å²) in [4.78, 5) is 21.3. The molecule has 0 unspecified atom stereocenters. The number of halogens is 1. The highest BCUT2D eigenvalue weighted by atomic mass is 79.9. The summed E-state index contributed by atoms with van der Waals surface area (Å²) in [5.41, 5.74) is 0. The monoisotopic (exact) mass is 216 g/mol. The highest BCUT2D eigenvalue weighted by Gasteiger charge is 2.36. The predicted octanol–water partition coefficient (Wildman–Crippen LogP) is 0.590. The maximum Gasteiger partial charge on any atom is 0.354 e. The van der Waals surface area contributed by atoms with Crippen molar-refractivity contribution in [3.63, 3.8) is 0 Å². The molecule has 2 aliphatic heterocycles. The van der Waals surface area contributed by atoms with Crippen molar-refractivity contribution in [1.29, 1.82) is 0 Å². The molecule has 0 aliphatic carbocycles. The van der Waals surface area contributed by atoms with E-state index in [0.717, 1.165) is 6.08 Å². The molecule has 0 radical (unpaired) electrons. The molecular weight excluding hydrogens is 216 g/mol. The molecule has 0 fully saturated rings. The average molecular weight is 217 g/mol. The fourth-order valence-electron chi connectivity index (χ4n) is 0.819. The zero-order chi connectivity index (χ0) is 8.01. The molecule has 0 saturated carbocycles. The topological polar surface area (TPSA) is 52.6 Å². The van der Waals surface area contributed by atoms with Gasteiger partial charge in [-0.2, -0.15) is 0 Å². The molecule has 2 heterocycles. The van der Waals surface area contributed by atoms with Crippen molar-refractivity contribution in [3.8, 4) is 0 Å². The Hall–Kier alpha value is -1.10. The van der Waals surface area contributed by atoms with E-state index in [9.17, 15) is 9.59 Å². The van der Waals surface area contributed by atoms with Gasteiger partial charge >= 0.3 is 11.9 Å². The molecule has 0 atom stereocenters. The number of rotatable bonds is 0. The van der Waals surface area contributed by atoms with Gasteiger partial charge in [-0.3, -0.25) is 0 Å². The van der Waals surface area contributed by atoms with E-state index in [0.29, 0.717) is 0 Å². The van der Waals surface area contributed by atoms with E-state index in [1.54, 1.807) is 0 Å². The fraction of sp³-hybridized carbons (Fsp3) is 0. The molecule has 56 valence electrons. The summed E-state index contributed by atoms with van der Waals surface area (Å²) in [5, 5.41) is 0. The minimum absolute atomic E-state index is 0.162. The predicted molar refractivity (Wildman–Crippen MR) is 36.2 cm³/mol. The van der Waals surface area contributed by atoms with Crippen molar-refractivity contribution in [2.45, 2.75) is 0 Å². The largest absolute Gasteiger partial charge is 0.418 e. The molecule has 4 nitrogen and oxygen atoms in total. The van der Waals surface area contributed by atoms with Gasteiger partial charge in [0.1, 0.15) is 4.48 Å². The van der Waals surface area contributed by atoms with E-state index in [4.69, 9.17) is 0 Å². The van der Waals surface area contributed by atoms with Gasteiger partial charge in [0.15, 0.2) is 11.5 Å². The van der Waals surface area contributed by atoms with Crippen LogP contribution in [0.4, 0.5) is 0 Å². The van der Waals surface area contributed by atoms with Gasteiger partial charge in [0, 0.05) is 0 Å². The Kier molecular flexibility index (Phi) is 1.17. The van der Waals surface area contributed by atoms with Crippen LogP contribution < -0.4 is 0 Å². The van der Waals surface area contributed by atoms with Crippen molar-refractivity contribution >= 4 is 27.9 Å². The van der Waals surface area contributed by atoms with Gasteiger partial charge < -0.3 is 9.47 Å². The molecule has 0 spiro atoms. The second-order valence-electron chi connectivity index (χ2n) is 1.96. The van der Waals surface area contributed by atoms with E-state index in [1.807, 2.05) is 0 Å². The van der Waals surface area contributed by atoms with Gasteiger partial charge in [-0.05, 0) is 15.9 Å². The van der Waals surface area contributed by atoms with Crippen molar-refractivity contribution in [3.05, 3.63) is 22.1 Å². The summed E-state index contributed by atoms with van der Waals surface area (Å²) >= 11 is 2.93. The van der Waals surface area contributed by atoms with E-state index in [2.05, 4.69) is 25.4 Å². The lowest BCUT2D eigenvalue weighted by atomic mass is 10.4. The summed E-state index contributed by atoms with van der Waals surface area (Å²) in [5.74, 6) is -0.676. The van der Waals surface area contributed by atoms with Crippen LogP contribution in [0.3, 0.4) is 0 Å². The summed E-state index contributed by atoms with van der Waals surface area (Å²) < 4.78 is 9.41. The molecular formula is C6HBrO4. The number of carbonyl (C=O) groups excluding carboxylic acids is 2. The lowest BCUT2D eigenvalue weighted by Crippen LogP contribution is -1.96. The first-order valence-electron chi connectivity index (χ1n) is 2.74. The molecule has 0 bridgehead atoms.